The average Bonchev–Trinajstić information content (AvgIpc) is 1.87. The minimum atomic E-state index is -1.04. The molecular weight excluding hydrogens is 136 g/mol. The Labute approximate surface area is 59.2 Å². The van der Waals surface area contributed by atoms with Crippen LogP contribution in [0, 0.1) is 0 Å². The van der Waals surface area contributed by atoms with Gasteiger partial charge in [0.1, 0.15) is 12.0 Å². The van der Waals surface area contributed by atoms with Crippen LogP contribution < -0.4 is 5.73 Å². The summed E-state index contributed by atoms with van der Waals surface area (Å²) < 4.78 is 24.1. The van der Waals surface area contributed by atoms with E-state index in [1.54, 1.807) is 0 Å². The first-order valence-electron chi connectivity index (χ1n) is 3.04. The van der Waals surface area contributed by atoms with Gasteiger partial charge in [-0.25, -0.2) is 8.78 Å². The molecule has 0 aromatic carbocycles. The van der Waals surface area contributed by atoms with Gasteiger partial charge in [-0.05, 0) is 13.0 Å². The molecule has 1 atom stereocenters. The molecule has 0 aliphatic heterocycles. The van der Waals surface area contributed by atoms with Gasteiger partial charge in [0, 0.05) is 6.54 Å². The Morgan fingerprint density at radius 2 is 2.30 bits per heavy atom. The lowest BCUT2D eigenvalue weighted by Crippen LogP contribution is -1.97. The largest absolute Gasteiger partial charge is 0.325 e. The number of nitrogens with two attached hydrogens (primary N) is 1. The maximum Gasteiger partial charge on any atom is 0.116 e. The second-order valence-electron chi connectivity index (χ2n) is 1.88. The fourth-order valence-electron chi connectivity index (χ4n) is 0.381. The molecule has 0 aliphatic rings. The summed E-state index contributed by atoms with van der Waals surface area (Å²) in [5.74, 6) is -0.447. The topological polar surface area (TPSA) is 26.0 Å². The fraction of sp³-hybridized carbons (Fsp3) is 0.429. The number of rotatable bonds is 3. The molecule has 58 valence electrons. The molecule has 0 aromatic heterocycles. The van der Waals surface area contributed by atoms with E-state index in [9.17, 15) is 8.78 Å². The molecular formula is C7H11F2N. The minimum Gasteiger partial charge on any atom is -0.325 e. The van der Waals surface area contributed by atoms with Crippen molar-refractivity contribution in [3.8, 4) is 0 Å². The zero-order chi connectivity index (χ0) is 7.98. The molecule has 0 spiro atoms. The van der Waals surface area contributed by atoms with Gasteiger partial charge in [0.05, 0.1) is 0 Å². The molecule has 0 saturated carbocycles. The summed E-state index contributed by atoms with van der Waals surface area (Å²) in [5.41, 5.74) is 4.92. The van der Waals surface area contributed by atoms with Crippen LogP contribution in [0.1, 0.15) is 6.92 Å². The standard InChI is InChI=1S/C7H11F2N/c1-6(8)3-2-4-7(9)5-10/h2-4,6H,5,10H2,1H3/b3-2-,7-4+. The number of hydrogen-bond acceptors (Lipinski definition) is 1. The lowest BCUT2D eigenvalue weighted by atomic mass is 10.3. The van der Waals surface area contributed by atoms with Crippen molar-refractivity contribution in [2.75, 3.05) is 6.54 Å². The zero-order valence-corrected chi connectivity index (χ0v) is 5.85. The maximum atomic E-state index is 12.1. The number of hydrogen-bond donors (Lipinski definition) is 1. The summed E-state index contributed by atoms with van der Waals surface area (Å²) in [5, 5.41) is 0. The van der Waals surface area contributed by atoms with Gasteiger partial charge in [0.2, 0.25) is 0 Å². The highest BCUT2D eigenvalue weighted by Crippen LogP contribution is 1.95. The van der Waals surface area contributed by atoms with E-state index in [1.165, 1.54) is 19.1 Å². The third kappa shape index (κ3) is 5.44. The molecule has 1 unspecified atom stereocenters. The van der Waals surface area contributed by atoms with E-state index in [0.717, 1.165) is 6.08 Å². The van der Waals surface area contributed by atoms with Gasteiger partial charge in [0.15, 0.2) is 0 Å². The Bertz CT molecular complexity index is 139. The Morgan fingerprint density at radius 1 is 1.70 bits per heavy atom. The molecule has 0 amide bonds. The lowest BCUT2D eigenvalue weighted by molar-refractivity contribution is 0.430. The molecule has 0 bridgehead atoms. The smallest absolute Gasteiger partial charge is 0.116 e. The summed E-state index contributed by atoms with van der Waals surface area (Å²) in [6.07, 6.45) is 2.67. The van der Waals surface area contributed by atoms with Crippen LogP contribution in [0.15, 0.2) is 24.1 Å². The molecule has 0 rings (SSSR count). The quantitative estimate of drug-likeness (QED) is 0.604. The Kier molecular flexibility index (Phi) is 4.76. The van der Waals surface area contributed by atoms with Gasteiger partial charge < -0.3 is 5.73 Å². The van der Waals surface area contributed by atoms with E-state index < -0.39 is 12.0 Å². The summed E-state index contributed by atoms with van der Waals surface area (Å²) in [6.45, 7) is 1.23. The highest BCUT2D eigenvalue weighted by molar-refractivity contribution is 5.08. The van der Waals surface area contributed by atoms with Crippen LogP contribution in [0.5, 0.6) is 0 Å². The minimum absolute atomic E-state index is 0.134. The molecule has 0 saturated heterocycles. The van der Waals surface area contributed by atoms with Crippen LogP contribution in [-0.2, 0) is 0 Å². The van der Waals surface area contributed by atoms with Gasteiger partial charge in [-0.15, -0.1) is 0 Å². The highest BCUT2D eigenvalue weighted by atomic mass is 19.1. The molecule has 3 heteroatoms. The molecule has 10 heavy (non-hydrogen) atoms. The summed E-state index contributed by atoms with van der Waals surface area (Å²) in [7, 11) is 0. The molecule has 0 fully saturated rings. The first-order chi connectivity index (χ1) is 4.66. The number of allylic oxidation sites excluding steroid dienone is 3. The SMILES string of the molecule is CC(F)/C=C\C=C(\F)CN. The van der Waals surface area contributed by atoms with Crippen molar-refractivity contribution in [2.45, 2.75) is 13.1 Å². The maximum absolute atomic E-state index is 12.1. The Morgan fingerprint density at radius 3 is 2.70 bits per heavy atom. The van der Waals surface area contributed by atoms with Crippen LogP contribution in [0.4, 0.5) is 8.78 Å². The fourth-order valence-corrected chi connectivity index (χ4v) is 0.381. The van der Waals surface area contributed by atoms with Gasteiger partial charge >= 0.3 is 0 Å². The van der Waals surface area contributed by atoms with E-state index >= 15 is 0 Å². The lowest BCUT2D eigenvalue weighted by Gasteiger charge is -1.87. The van der Waals surface area contributed by atoms with E-state index in [2.05, 4.69) is 0 Å². The van der Waals surface area contributed by atoms with Crippen LogP contribution in [0.2, 0.25) is 0 Å². The summed E-state index contributed by atoms with van der Waals surface area (Å²) in [4.78, 5) is 0. The van der Waals surface area contributed by atoms with Crippen LogP contribution in [-0.4, -0.2) is 12.7 Å². The van der Waals surface area contributed by atoms with Gasteiger partial charge in [-0.2, -0.15) is 0 Å². The van der Waals surface area contributed by atoms with E-state index in [1.807, 2.05) is 0 Å². The van der Waals surface area contributed by atoms with Crippen molar-refractivity contribution >= 4 is 0 Å². The van der Waals surface area contributed by atoms with Crippen LogP contribution in [0.3, 0.4) is 0 Å². The Hall–Kier alpha value is -0.700. The second kappa shape index (κ2) is 5.11. The first-order valence-corrected chi connectivity index (χ1v) is 3.04. The van der Waals surface area contributed by atoms with Crippen LogP contribution in [0.25, 0.3) is 0 Å². The molecule has 0 radical (unpaired) electrons. The van der Waals surface area contributed by atoms with E-state index in [-0.39, 0.29) is 6.54 Å². The normalized spacial score (nSPS) is 16.2. The third-order valence-electron chi connectivity index (χ3n) is 0.848. The first kappa shape index (κ1) is 9.30. The van der Waals surface area contributed by atoms with Crippen molar-refractivity contribution in [3.05, 3.63) is 24.1 Å². The second-order valence-corrected chi connectivity index (χ2v) is 1.88. The van der Waals surface area contributed by atoms with Gasteiger partial charge in [0.25, 0.3) is 0 Å². The van der Waals surface area contributed by atoms with Crippen molar-refractivity contribution in [3.63, 3.8) is 0 Å². The van der Waals surface area contributed by atoms with Gasteiger partial charge in [-0.3, -0.25) is 0 Å². The number of halogens is 2. The predicted molar refractivity (Wildman–Crippen MR) is 38.0 cm³/mol. The van der Waals surface area contributed by atoms with Crippen molar-refractivity contribution in [1.29, 1.82) is 0 Å². The van der Waals surface area contributed by atoms with Crippen molar-refractivity contribution in [2.24, 2.45) is 5.73 Å². The third-order valence-corrected chi connectivity index (χ3v) is 0.848. The predicted octanol–water partition coefficient (Wildman–Crippen LogP) is 1.71. The molecule has 0 aliphatic carbocycles. The highest BCUT2D eigenvalue weighted by Gasteiger charge is 1.87. The zero-order valence-electron chi connectivity index (χ0n) is 5.85. The number of alkyl halides is 1. The Balaban J connectivity index is 3.70. The van der Waals surface area contributed by atoms with Crippen molar-refractivity contribution in [1.82, 2.24) is 0 Å². The van der Waals surface area contributed by atoms with Crippen LogP contribution >= 0.6 is 0 Å². The summed E-state index contributed by atoms with van der Waals surface area (Å²) >= 11 is 0. The summed E-state index contributed by atoms with van der Waals surface area (Å²) in [6, 6.07) is 0. The molecule has 1 nitrogen and oxygen atoms in total. The van der Waals surface area contributed by atoms with E-state index in [0.29, 0.717) is 0 Å². The molecule has 2 N–H and O–H groups in total. The monoisotopic (exact) mass is 147 g/mol. The molecule has 0 aromatic rings. The van der Waals surface area contributed by atoms with Crippen molar-refractivity contribution < 1.29 is 8.78 Å². The average molecular weight is 147 g/mol. The molecule has 0 heterocycles. The van der Waals surface area contributed by atoms with Gasteiger partial charge in [-0.1, -0.05) is 12.2 Å². The van der Waals surface area contributed by atoms with E-state index in [4.69, 9.17) is 5.73 Å².